The number of aliphatic hydroxyl groups excluding tert-OH is 2. The number of allylic oxidation sites excluding steroid dienone is 3. The lowest BCUT2D eigenvalue weighted by atomic mass is 10.5. The van der Waals surface area contributed by atoms with Crippen molar-refractivity contribution in [2.24, 2.45) is 0 Å². The van der Waals surface area contributed by atoms with E-state index in [4.69, 9.17) is 10.2 Å². The molecule has 0 aromatic rings. The van der Waals surface area contributed by atoms with Crippen LogP contribution in [0.1, 0.15) is 27.7 Å². The number of hydrogen-bond acceptors (Lipinski definition) is 2. The topological polar surface area (TPSA) is 40.5 Å². The van der Waals surface area contributed by atoms with E-state index in [1.54, 1.807) is 18.2 Å². The monoisotopic (exact) mass is 202 g/mol. The molecule has 0 heterocycles. The molecule has 0 aromatic heterocycles. The first-order valence-electron chi connectivity index (χ1n) is 4.52. The van der Waals surface area contributed by atoms with Gasteiger partial charge in [-0.25, -0.2) is 0 Å². The molecule has 0 rings (SSSR count). The van der Waals surface area contributed by atoms with Crippen LogP contribution in [0.3, 0.4) is 0 Å². The Bertz CT molecular complexity index is 82.2. The normalized spacial score (nSPS) is 8.14. The maximum atomic E-state index is 8.11. The first-order valence-corrected chi connectivity index (χ1v) is 4.52. The van der Waals surface area contributed by atoms with Gasteiger partial charge in [-0.1, -0.05) is 18.2 Å². The molecule has 0 spiro atoms. The highest BCUT2D eigenvalue weighted by Crippen LogP contribution is 1.68. The summed E-state index contributed by atoms with van der Waals surface area (Å²) in [5, 5.41) is 16.0. The molecule has 0 radical (unpaired) electrons. The lowest BCUT2D eigenvalue weighted by Crippen LogP contribution is -2.03. The van der Waals surface area contributed by atoms with Crippen LogP contribution in [0.15, 0.2) is 38.0 Å². The van der Waals surface area contributed by atoms with E-state index >= 15 is 0 Å². The lowest BCUT2D eigenvalue weighted by Gasteiger charge is -1.90. The minimum absolute atomic E-state index is 0.139. The van der Waals surface area contributed by atoms with Gasteiger partial charge in [0.2, 0.25) is 0 Å². The molecule has 0 fully saturated rings. The van der Waals surface area contributed by atoms with Crippen LogP contribution in [-0.2, 0) is 0 Å². The SMILES string of the molecule is C=CC.C=CC.C=CC.CC(O)CO. The van der Waals surface area contributed by atoms with Gasteiger partial charge in [0, 0.05) is 0 Å². The van der Waals surface area contributed by atoms with Crippen LogP contribution in [0.5, 0.6) is 0 Å². The van der Waals surface area contributed by atoms with E-state index in [0.717, 1.165) is 0 Å². The summed E-state index contributed by atoms with van der Waals surface area (Å²) in [7, 11) is 0. The molecular weight excluding hydrogens is 176 g/mol. The third-order valence-electron chi connectivity index (χ3n) is 0.264. The quantitative estimate of drug-likeness (QED) is 0.642. The lowest BCUT2D eigenvalue weighted by molar-refractivity contribution is 0.110. The van der Waals surface area contributed by atoms with Crippen LogP contribution >= 0.6 is 0 Å². The van der Waals surface area contributed by atoms with Gasteiger partial charge in [-0.2, -0.15) is 0 Å². The highest BCUT2D eigenvalue weighted by molar-refractivity contribution is 4.52. The van der Waals surface area contributed by atoms with Crippen molar-refractivity contribution >= 4 is 0 Å². The third-order valence-corrected chi connectivity index (χ3v) is 0.264. The average Bonchev–Trinajstić information content (AvgIpc) is 2.08. The molecule has 0 aromatic carbocycles. The Kier molecular flexibility index (Phi) is 66.2. The van der Waals surface area contributed by atoms with Gasteiger partial charge in [0.1, 0.15) is 0 Å². The summed E-state index contributed by atoms with van der Waals surface area (Å²) in [6.45, 7) is 17.1. The van der Waals surface area contributed by atoms with E-state index in [1.807, 2.05) is 20.8 Å². The van der Waals surface area contributed by atoms with E-state index in [9.17, 15) is 0 Å². The highest BCUT2D eigenvalue weighted by atomic mass is 16.3. The molecular formula is C12H26O2. The van der Waals surface area contributed by atoms with Gasteiger partial charge >= 0.3 is 0 Å². The Hall–Kier alpha value is -0.860. The van der Waals surface area contributed by atoms with Gasteiger partial charge < -0.3 is 10.2 Å². The summed E-state index contributed by atoms with van der Waals surface area (Å²) in [6, 6.07) is 0. The molecule has 1 atom stereocenters. The predicted molar refractivity (Wildman–Crippen MR) is 66.4 cm³/mol. The fourth-order valence-electron chi connectivity index (χ4n) is 0. The van der Waals surface area contributed by atoms with Gasteiger partial charge in [-0.15, -0.1) is 19.7 Å². The van der Waals surface area contributed by atoms with Gasteiger partial charge in [-0.05, 0) is 27.7 Å². The zero-order chi connectivity index (χ0) is 12.4. The number of hydrogen-bond donors (Lipinski definition) is 2. The Balaban J connectivity index is -0.0000000495. The number of rotatable bonds is 1. The molecule has 1 unspecified atom stereocenters. The molecule has 0 aliphatic heterocycles. The maximum Gasteiger partial charge on any atom is 0.0742 e. The van der Waals surface area contributed by atoms with Crippen molar-refractivity contribution in [1.29, 1.82) is 0 Å². The first-order chi connectivity index (χ1) is 6.51. The van der Waals surface area contributed by atoms with Crippen molar-refractivity contribution < 1.29 is 10.2 Å². The fourth-order valence-corrected chi connectivity index (χ4v) is 0. The van der Waals surface area contributed by atoms with E-state index < -0.39 is 6.10 Å². The summed E-state index contributed by atoms with van der Waals surface area (Å²) in [6.07, 6.45) is 4.69. The van der Waals surface area contributed by atoms with E-state index in [-0.39, 0.29) is 6.61 Å². The van der Waals surface area contributed by atoms with Crippen LogP contribution in [0.25, 0.3) is 0 Å². The largest absolute Gasteiger partial charge is 0.394 e. The molecule has 0 bridgehead atoms. The Morgan fingerprint density at radius 3 is 1.07 bits per heavy atom. The van der Waals surface area contributed by atoms with Crippen molar-refractivity contribution in [3.63, 3.8) is 0 Å². The molecule has 0 saturated carbocycles. The molecule has 0 saturated heterocycles. The molecule has 2 heteroatoms. The Labute approximate surface area is 89.3 Å². The molecule has 0 aliphatic carbocycles. The van der Waals surface area contributed by atoms with Crippen molar-refractivity contribution in [1.82, 2.24) is 0 Å². The number of aliphatic hydroxyl groups is 2. The summed E-state index contributed by atoms with van der Waals surface area (Å²) < 4.78 is 0. The summed E-state index contributed by atoms with van der Waals surface area (Å²) in [4.78, 5) is 0. The minimum atomic E-state index is -0.560. The van der Waals surface area contributed by atoms with Crippen molar-refractivity contribution in [2.45, 2.75) is 33.8 Å². The Morgan fingerprint density at radius 2 is 1.07 bits per heavy atom. The van der Waals surface area contributed by atoms with Crippen LogP contribution < -0.4 is 0 Å². The van der Waals surface area contributed by atoms with Crippen molar-refractivity contribution in [2.75, 3.05) is 6.61 Å². The van der Waals surface area contributed by atoms with Gasteiger partial charge in [0.15, 0.2) is 0 Å². The van der Waals surface area contributed by atoms with E-state index in [2.05, 4.69) is 19.7 Å². The van der Waals surface area contributed by atoms with Crippen molar-refractivity contribution in [3.05, 3.63) is 38.0 Å². The molecule has 2 N–H and O–H groups in total. The summed E-state index contributed by atoms with van der Waals surface area (Å²) >= 11 is 0. The standard InChI is InChI=1S/C3H8O2.3C3H6/c1-3(5)2-4;3*1-3-2/h3-5H,2H2,1H3;3*3H,1H2,2H3. The van der Waals surface area contributed by atoms with Crippen molar-refractivity contribution in [3.8, 4) is 0 Å². The molecule has 86 valence electrons. The Morgan fingerprint density at radius 1 is 1.00 bits per heavy atom. The minimum Gasteiger partial charge on any atom is -0.394 e. The molecule has 0 aliphatic rings. The summed E-state index contributed by atoms with van der Waals surface area (Å²) in [5.74, 6) is 0. The maximum absolute atomic E-state index is 8.11. The molecule has 2 nitrogen and oxygen atoms in total. The second kappa shape index (κ2) is 40.0. The fraction of sp³-hybridized carbons (Fsp3) is 0.500. The van der Waals surface area contributed by atoms with Gasteiger partial charge in [0.25, 0.3) is 0 Å². The van der Waals surface area contributed by atoms with Crippen LogP contribution in [-0.4, -0.2) is 22.9 Å². The smallest absolute Gasteiger partial charge is 0.0742 e. The predicted octanol–water partition coefficient (Wildman–Crippen LogP) is 2.94. The molecule has 14 heavy (non-hydrogen) atoms. The summed E-state index contributed by atoms with van der Waals surface area (Å²) in [5.41, 5.74) is 0. The third kappa shape index (κ3) is 881. The van der Waals surface area contributed by atoms with Gasteiger partial charge in [0.05, 0.1) is 12.7 Å². The van der Waals surface area contributed by atoms with Crippen LogP contribution in [0, 0.1) is 0 Å². The zero-order valence-corrected chi connectivity index (χ0v) is 10.0. The highest BCUT2D eigenvalue weighted by Gasteiger charge is 1.83. The first kappa shape index (κ1) is 23.2. The second-order valence-electron chi connectivity index (χ2n) is 2.26. The van der Waals surface area contributed by atoms with E-state index in [0.29, 0.717) is 0 Å². The van der Waals surface area contributed by atoms with Crippen LogP contribution in [0.2, 0.25) is 0 Å². The molecule has 0 amide bonds. The second-order valence-corrected chi connectivity index (χ2v) is 2.26. The average molecular weight is 202 g/mol. The van der Waals surface area contributed by atoms with E-state index in [1.165, 1.54) is 6.92 Å². The van der Waals surface area contributed by atoms with Crippen LogP contribution in [0.4, 0.5) is 0 Å². The van der Waals surface area contributed by atoms with Gasteiger partial charge in [-0.3, -0.25) is 0 Å². The zero-order valence-electron chi connectivity index (χ0n) is 10.0.